The van der Waals surface area contributed by atoms with Gasteiger partial charge in [-0.15, -0.1) is 29.5 Å². The number of para-hydroxylation sites is 1. The number of hydrogen-bond donors (Lipinski definition) is 0. The van der Waals surface area contributed by atoms with Crippen molar-refractivity contribution >= 4 is 0 Å². The Morgan fingerprint density at radius 1 is 0.704 bits per heavy atom. The molecule has 0 fully saturated rings. The van der Waals surface area contributed by atoms with E-state index in [1.165, 1.54) is 17.7 Å². The second kappa shape index (κ2) is 10.4. The standard InChI is InChI=1S/C17H13N2.C6H6O.Pt/c1-13-10-14(16-6-2-4-8-18-16)12-15(11-13)17-7-3-5-9-19-17;7-6-4-2-1-3-5-6;/h2-11H,1H3;1-5,7H;/q-1;;/p-1. The summed E-state index contributed by atoms with van der Waals surface area (Å²) in [6.45, 7) is 2.08. The van der Waals surface area contributed by atoms with Crippen molar-refractivity contribution in [1.82, 2.24) is 9.97 Å². The van der Waals surface area contributed by atoms with Crippen LogP contribution in [-0.4, -0.2) is 9.97 Å². The van der Waals surface area contributed by atoms with Gasteiger partial charge in [0.2, 0.25) is 0 Å². The molecule has 0 aliphatic rings. The van der Waals surface area contributed by atoms with Gasteiger partial charge in [0, 0.05) is 44.8 Å². The zero-order valence-electron chi connectivity index (χ0n) is 14.8. The van der Waals surface area contributed by atoms with E-state index in [0.717, 1.165) is 22.5 Å². The molecule has 0 unspecified atom stereocenters. The monoisotopic (exact) mass is 533 g/mol. The third-order valence-electron chi connectivity index (χ3n) is 3.64. The first-order valence-electron chi connectivity index (χ1n) is 8.31. The Bertz CT molecular complexity index is 888. The first-order valence-corrected chi connectivity index (χ1v) is 8.31. The zero-order chi connectivity index (χ0) is 18.2. The minimum absolute atomic E-state index is 0. The molecular formula is C23H18N2OPt-2. The molecule has 27 heavy (non-hydrogen) atoms. The van der Waals surface area contributed by atoms with E-state index in [2.05, 4.69) is 35.1 Å². The van der Waals surface area contributed by atoms with Gasteiger partial charge in [0.05, 0.1) is 0 Å². The predicted octanol–water partition coefficient (Wildman–Crippen LogP) is 4.68. The van der Waals surface area contributed by atoms with Crippen molar-refractivity contribution in [2.24, 2.45) is 0 Å². The number of hydrogen-bond acceptors (Lipinski definition) is 3. The number of aromatic nitrogens is 2. The normalized spacial score (nSPS) is 9.52. The number of aryl methyl sites for hydroxylation is 1. The van der Waals surface area contributed by atoms with Gasteiger partial charge in [0.1, 0.15) is 0 Å². The van der Waals surface area contributed by atoms with E-state index < -0.39 is 0 Å². The van der Waals surface area contributed by atoms with Gasteiger partial charge >= 0.3 is 0 Å². The molecule has 4 heteroatoms. The smallest absolute Gasteiger partial charge is 0.0183 e. The number of rotatable bonds is 2. The maximum atomic E-state index is 10.3. The van der Waals surface area contributed by atoms with Gasteiger partial charge in [-0.1, -0.05) is 72.6 Å². The molecule has 4 rings (SSSR count). The maximum Gasteiger partial charge on any atom is 0.0183 e. The molecule has 0 saturated carbocycles. The summed E-state index contributed by atoms with van der Waals surface area (Å²) in [7, 11) is 0. The molecule has 0 N–H and O–H groups in total. The van der Waals surface area contributed by atoms with Gasteiger partial charge in [0.15, 0.2) is 0 Å². The Labute approximate surface area is 174 Å². The molecule has 0 atom stereocenters. The average molecular weight is 533 g/mol. The summed E-state index contributed by atoms with van der Waals surface area (Å²) in [4.78, 5) is 8.75. The SMILES string of the molecule is Cc1cc(-c2ccccn2)[c-]c(-c2ccccn2)c1.[O-]c1ccccc1.[Pt]. The van der Waals surface area contributed by atoms with Gasteiger partial charge < -0.3 is 5.11 Å². The van der Waals surface area contributed by atoms with Crippen molar-refractivity contribution in [2.75, 3.05) is 0 Å². The van der Waals surface area contributed by atoms with Gasteiger partial charge in [-0.25, -0.2) is 0 Å². The molecule has 0 spiro atoms. The first kappa shape index (κ1) is 20.5. The van der Waals surface area contributed by atoms with Crippen LogP contribution in [0.25, 0.3) is 22.5 Å². The minimum atomic E-state index is 0. The topological polar surface area (TPSA) is 48.8 Å². The summed E-state index contributed by atoms with van der Waals surface area (Å²) < 4.78 is 0. The van der Waals surface area contributed by atoms with Crippen molar-refractivity contribution in [2.45, 2.75) is 6.92 Å². The Hall–Kier alpha value is -2.77. The number of nitrogens with zero attached hydrogens (tertiary/aromatic N) is 2. The minimum Gasteiger partial charge on any atom is -0.872 e. The fourth-order valence-electron chi connectivity index (χ4n) is 2.45. The molecular weight excluding hydrogens is 515 g/mol. The van der Waals surface area contributed by atoms with Crippen molar-refractivity contribution in [3.05, 3.63) is 103 Å². The van der Waals surface area contributed by atoms with Crippen molar-refractivity contribution in [1.29, 1.82) is 0 Å². The van der Waals surface area contributed by atoms with Gasteiger partial charge in [-0.3, -0.25) is 9.97 Å². The molecule has 0 radical (unpaired) electrons. The summed E-state index contributed by atoms with van der Waals surface area (Å²) in [5, 5.41) is 10.3. The quantitative estimate of drug-likeness (QED) is 0.352. The van der Waals surface area contributed by atoms with Crippen LogP contribution in [0.3, 0.4) is 0 Å². The third-order valence-corrected chi connectivity index (χ3v) is 3.64. The fraction of sp³-hybridized carbons (Fsp3) is 0.0435. The van der Waals surface area contributed by atoms with Gasteiger partial charge in [-0.05, 0) is 12.1 Å². The zero-order valence-corrected chi connectivity index (χ0v) is 17.1. The Balaban J connectivity index is 0.000000278. The first-order chi connectivity index (χ1) is 12.7. The van der Waals surface area contributed by atoms with Crippen LogP contribution in [0, 0.1) is 13.0 Å². The van der Waals surface area contributed by atoms with Crippen LogP contribution >= 0.6 is 0 Å². The summed E-state index contributed by atoms with van der Waals surface area (Å²) in [6, 6.07) is 27.7. The maximum absolute atomic E-state index is 10.3. The van der Waals surface area contributed by atoms with E-state index in [4.69, 9.17) is 0 Å². The van der Waals surface area contributed by atoms with Crippen LogP contribution in [-0.2, 0) is 21.1 Å². The Morgan fingerprint density at radius 2 is 1.19 bits per heavy atom. The molecule has 138 valence electrons. The van der Waals surface area contributed by atoms with E-state index >= 15 is 0 Å². The summed E-state index contributed by atoms with van der Waals surface area (Å²) in [5.41, 5.74) is 5.05. The summed E-state index contributed by atoms with van der Waals surface area (Å²) in [6.07, 6.45) is 3.60. The van der Waals surface area contributed by atoms with Crippen LogP contribution in [0.15, 0.2) is 91.3 Å². The molecule has 0 aliphatic carbocycles. The molecule has 0 bridgehead atoms. The molecule has 2 heterocycles. The number of benzene rings is 2. The van der Waals surface area contributed by atoms with E-state index in [1.54, 1.807) is 24.5 Å². The number of pyridine rings is 2. The summed E-state index contributed by atoms with van der Waals surface area (Å²) in [5.74, 6) is 0.0718. The van der Waals surface area contributed by atoms with Crippen LogP contribution in [0.4, 0.5) is 0 Å². The van der Waals surface area contributed by atoms with Gasteiger partial charge in [-0.2, -0.15) is 0 Å². The second-order valence-corrected chi connectivity index (χ2v) is 5.73. The average Bonchev–Trinajstić information content (AvgIpc) is 2.70. The molecule has 0 aliphatic heterocycles. The molecule has 4 aromatic rings. The fourth-order valence-corrected chi connectivity index (χ4v) is 2.45. The molecule has 2 aromatic carbocycles. The van der Waals surface area contributed by atoms with E-state index in [-0.39, 0.29) is 26.8 Å². The van der Waals surface area contributed by atoms with Gasteiger partial charge in [0.25, 0.3) is 0 Å². The van der Waals surface area contributed by atoms with Crippen LogP contribution in [0.1, 0.15) is 5.56 Å². The molecule has 3 nitrogen and oxygen atoms in total. The van der Waals surface area contributed by atoms with Crippen molar-refractivity contribution in [3.63, 3.8) is 0 Å². The second-order valence-electron chi connectivity index (χ2n) is 5.73. The third kappa shape index (κ3) is 6.16. The van der Waals surface area contributed by atoms with E-state index in [1.807, 2.05) is 42.5 Å². The van der Waals surface area contributed by atoms with Crippen LogP contribution < -0.4 is 5.11 Å². The van der Waals surface area contributed by atoms with Crippen LogP contribution in [0.5, 0.6) is 5.75 Å². The molecule has 0 saturated heterocycles. The Morgan fingerprint density at radius 3 is 1.56 bits per heavy atom. The molecule has 0 amide bonds. The van der Waals surface area contributed by atoms with Crippen molar-refractivity contribution < 1.29 is 26.2 Å². The summed E-state index contributed by atoms with van der Waals surface area (Å²) >= 11 is 0. The van der Waals surface area contributed by atoms with Crippen molar-refractivity contribution in [3.8, 4) is 28.3 Å². The van der Waals surface area contributed by atoms with E-state index in [9.17, 15) is 5.11 Å². The largest absolute Gasteiger partial charge is 0.872 e. The van der Waals surface area contributed by atoms with Crippen LogP contribution in [0.2, 0.25) is 0 Å². The predicted molar refractivity (Wildman–Crippen MR) is 102 cm³/mol. The van der Waals surface area contributed by atoms with E-state index in [0.29, 0.717) is 0 Å². The molecule has 2 aromatic heterocycles. The Kier molecular flexibility index (Phi) is 7.91.